The maximum atomic E-state index is 11.5. The number of rotatable bonds is 4. The Balaban J connectivity index is 2.02. The van der Waals surface area contributed by atoms with E-state index in [9.17, 15) is 4.79 Å². The van der Waals surface area contributed by atoms with Crippen molar-refractivity contribution in [3.8, 4) is 5.69 Å². The zero-order chi connectivity index (χ0) is 13.0. The molecule has 1 unspecified atom stereocenters. The highest BCUT2D eigenvalue weighted by molar-refractivity contribution is 5.91. The molecule has 0 fully saturated rings. The molecule has 0 aliphatic heterocycles. The number of anilines is 1. The van der Waals surface area contributed by atoms with Crippen LogP contribution in [0.3, 0.4) is 0 Å². The van der Waals surface area contributed by atoms with Gasteiger partial charge < -0.3 is 11.1 Å². The van der Waals surface area contributed by atoms with Crippen LogP contribution in [0.1, 0.15) is 13.3 Å². The maximum absolute atomic E-state index is 11.5. The quantitative estimate of drug-likeness (QED) is 0.839. The molecule has 94 valence electrons. The number of amides is 1. The molecule has 0 radical (unpaired) electrons. The van der Waals surface area contributed by atoms with Crippen LogP contribution in [0.5, 0.6) is 0 Å². The zero-order valence-corrected chi connectivity index (χ0v) is 10.1. The fourth-order valence-corrected chi connectivity index (χ4v) is 1.53. The van der Waals surface area contributed by atoms with E-state index in [0.717, 1.165) is 11.4 Å². The van der Waals surface area contributed by atoms with Crippen LogP contribution >= 0.6 is 0 Å². The largest absolute Gasteiger partial charge is 0.327 e. The van der Waals surface area contributed by atoms with Crippen LogP contribution < -0.4 is 11.1 Å². The first kappa shape index (κ1) is 12.3. The number of hydrogen-bond acceptors (Lipinski definition) is 4. The van der Waals surface area contributed by atoms with E-state index < -0.39 is 0 Å². The maximum Gasteiger partial charge on any atom is 0.225 e. The molecule has 0 saturated heterocycles. The van der Waals surface area contributed by atoms with Gasteiger partial charge in [0, 0.05) is 18.2 Å². The molecule has 6 heteroatoms. The lowest BCUT2D eigenvalue weighted by atomic mass is 10.2. The molecule has 1 aromatic carbocycles. The minimum absolute atomic E-state index is 0.0880. The van der Waals surface area contributed by atoms with Crippen molar-refractivity contribution >= 4 is 11.6 Å². The predicted molar refractivity (Wildman–Crippen MR) is 68.3 cm³/mol. The summed E-state index contributed by atoms with van der Waals surface area (Å²) in [5, 5.41) is 10.8. The Morgan fingerprint density at radius 1 is 1.33 bits per heavy atom. The summed E-state index contributed by atoms with van der Waals surface area (Å²) in [6, 6.07) is 7.14. The molecule has 0 saturated carbocycles. The molecule has 6 nitrogen and oxygen atoms in total. The van der Waals surface area contributed by atoms with Gasteiger partial charge in [0.25, 0.3) is 0 Å². The van der Waals surface area contributed by atoms with Crippen LogP contribution in [-0.2, 0) is 4.79 Å². The molecule has 2 rings (SSSR count). The number of nitrogens with zero attached hydrogens (tertiary/aromatic N) is 3. The number of nitrogens with one attached hydrogen (secondary N) is 1. The molecule has 0 aliphatic rings. The lowest BCUT2D eigenvalue weighted by Crippen LogP contribution is -2.23. The van der Waals surface area contributed by atoms with Crippen molar-refractivity contribution in [2.24, 2.45) is 5.73 Å². The highest BCUT2D eigenvalue weighted by Gasteiger charge is 2.05. The minimum atomic E-state index is -0.141. The van der Waals surface area contributed by atoms with Gasteiger partial charge in [0.15, 0.2) is 0 Å². The molecular formula is C12H15N5O. The average Bonchev–Trinajstić information content (AvgIpc) is 2.82. The van der Waals surface area contributed by atoms with E-state index in [1.807, 2.05) is 12.1 Å². The molecule has 0 spiro atoms. The van der Waals surface area contributed by atoms with Crippen molar-refractivity contribution in [3.63, 3.8) is 0 Å². The third-order valence-electron chi connectivity index (χ3n) is 2.31. The standard InChI is InChI=1S/C12H15N5O/c1-9(13)8-12(18)16-10-2-4-11(5-3-10)17-14-6-7-15-17/h2-7,9H,8,13H2,1H3,(H,16,18). The fraction of sp³-hybridized carbons (Fsp3) is 0.250. The van der Waals surface area contributed by atoms with Crippen LogP contribution in [0.15, 0.2) is 36.7 Å². The van der Waals surface area contributed by atoms with Gasteiger partial charge in [0.1, 0.15) is 0 Å². The molecule has 1 amide bonds. The molecule has 3 N–H and O–H groups in total. The molecule has 18 heavy (non-hydrogen) atoms. The summed E-state index contributed by atoms with van der Waals surface area (Å²) in [5.74, 6) is -0.0880. The first-order valence-corrected chi connectivity index (χ1v) is 5.67. The Morgan fingerprint density at radius 3 is 2.50 bits per heavy atom. The minimum Gasteiger partial charge on any atom is -0.327 e. The van der Waals surface area contributed by atoms with Crippen LogP contribution in [-0.4, -0.2) is 26.9 Å². The molecule has 2 aromatic rings. The van der Waals surface area contributed by atoms with E-state index in [1.165, 1.54) is 4.80 Å². The normalized spacial score (nSPS) is 12.1. The van der Waals surface area contributed by atoms with Gasteiger partial charge in [0.05, 0.1) is 18.1 Å². The molecule has 0 bridgehead atoms. The number of benzene rings is 1. The van der Waals surface area contributed by atoms with E-state index in [4.69, 9.17) is 5.73 Å². The summed E-state index contributed by atoms with van der Waals surface area (Å²) in [5.41, 5.74) is 7.13. The predicted octanol–water partition coefficient (Wildman–Crippen LogP) is 0.943. The first-order chi connectivity index (χ1) is 8.65. The summed E-state index contributed by atoms with van der Waals surface area (Å²) in [4.78, 5) is 13.0. The molecular weight excluding hydrogens is 230 g/mol. The van der Waals surface area contributed by atoms with Crippen LogP contribution in [0.25, 0.3) is 5.69 Å². The third-order valence-corrected chi connectivity index (χ3v) is 2.31. The van der Waals surface area contributed by atoms with E-state index in [0.29, 0.717) is 6.42 Å². The van der Waals surface area contributed by atoms with Gasteiger partial charge >= 0.3 is 0 Å². The van der Waals surface area contributed by atoms with Gasteiger partial charge in [-0.3, -0.25) is 4.79 Å². The van der Waals surface area contributed by atoms with E-state index in [2.05, 4.69) is 15.5 Å². The van der Waals surface area contributed by atoms with Gasteiger partial charge in [-0.25, -0.2) is 0 Å². The van der Waals surface area contributed by atoms with Crippen molar-refractivity contribution in [3.05, 3.63) is 36.7 Å². The van der Waals surface area contributed by atoms with Gasteiger partial charge in [-0.1, -0.05) is 0 Å². The second kappa shape index (κ2) is 5.42. The van der Waals surface area contributed by atoms with Gasteiger partial charge in [-0.05, 0) is 31.2 Å². The fourth-order valence-electron chi connectivity index (χ4n) is 1.53. The number of carbonyl (C=O) groups excluding carboxylic acids is 1. The first-order valence-electron chi connectivity index (χ1n) is 5.67. The van der Waals surface area contributed by atoms with Gasteiger partial charge in [0.2, 0.25) is 5.91 Å². The van der Waals surface area contributed by atoms with Crippen molar-refractivity contribution in [2.75, 3.05) is 5.32 Å². The number of nitrogens with two attached hydrogens (primary N) is 1. The Bertz CT molecular complexity index is 504. The summed E-state index contributed by atoms with van der Waals surface area (Å²) < 4.78 is 0. The monoisotopic (exact) mass is 245 g/mol. The Kier molecular flexibility index (Phi) is 3.69. The molecule has 1 atom stereocenters. The Labute approximate surface area is 105 Å². The van der Waals surface area contributed by atoms with Crippen molar-refractivity contribution < 1.29 is 4.79 Å². The van der Waals surface area contributed by atoms with E-state index in [-0.39, 0.29) is 11.9 Å². The second-order valence-electron chi connectivity index (χ2n) is 4.09. The van der Waals surface area contributed by atoms with Gasteiger partial charge in [-0.2, -0.15) is 15.0 Å². The summed E-state index contributed by atoms with van der Waals surface area (Å²) in [6.45, 7) is 1.80. The molecule has 0 aliphatic carbocycles. The lowest BCUT2D eigenvalue weighted by Gasteiger charge is -2.07. The Morgan fingerprint density at radius 2 is 1.94 bits per heavy atom. The highest BCUT2D eigenvalue weighted by Crippen LogP contribution is 2.12. The zero-order valence-electron chi connectivity index (χ0n) is 10.1. The van der Waals surface area contributed by atoms with Crippen LogP contribution in [0.2, 0.25) is 0 Å². The topological polar surface area (TPSA) is 85.8 Å². The SMILES string of the molecule is CC(N)CC(=O)Nc1ccc(-n2nccn2)cc1. The molecule has 1 aromatic heterocycles. The van der Waals surface area contributed by atoms with Crippen molar-refractivity contribution in [1.82, 2.24) is 15.0 Å². The van der Waals surface area contributed by atoms with E-state index >= 15 is 0 Å². The number of aromatic nitrogens is 3. The highest BCUT2D eigenvalue weighted by atomic mass is 16.1. The van der Waals surface area contributed by atoms with Crippen molar-refractivity contribution in [2.45, 2.75) is 19.4 Å². The third kappa shape index (κ3) is 3.14. The second-order valence-corrected chi connectivity index (χ2v) is 4.09. The molecule has 1 heterocycles. The summed E-state index contributed by atoms with van der Waals surface area (Å²) in [7, 11) is 0. The number of carbonyl (C=O) groups is 1. The smallest absolute Gasteiger partial charge is 0.225 e. The van der Waals surface area contributed by atoms with Crippen LogP contribution in [0, 0.1) is 0 Å². The van der Waals surface area contributed by atoms with Crippen LogP contribution in [0.4, 0.5) is 5.69 Å². The summed E-state index contributed by atoms with van der Waals surface area (Å²) in [6.07, 6.45) is 3.53. The summed E-state index contributed by atoms with van der Waals surface area (Å²) >= 11 is 0. The van der Waals surface area contributed by atoms with E-state index in [1.54, 1.807) is 31.5 Å². The Hall–Kier alpha value is -2.21. The van der Waals surface area contributed by atoms with Crippen molar-refractivity contribution in [1.29, 1.82) is 0 Å². The van der Waals surface area contributed by atoms with Gasteiger partial charge in [-0.15, -0.1) is 0 Å². The average molecular weight is 245 g/mol. The number of hydrogen-bond donors (Lipinski definition) is 2. The lowest BCUT2D eigenvalue weighted by molar-refractivity contribution is -0.116.